The van der Waals surface area contributed by atoms with Crippen molar-refractivity contribution in [1.29, 1.82) is 0 Å². The van der Waals surface area contributed by atoms with Crippen molar-refractivity contribution in [1.82, 2.24) is 0 Å². The van der Waals surface area contributed by atoms with Gasteiger partial charge in [-0.1, -0.05) is 0 Å². The standard InChI is InChI=1S/C14H12N4O5/c1-15-13-7-6-11(18(22)23)8-12(13)14(19)16-9-2-4-10(5-3-9)17(20)21/h2-8,15H,1H3,(H,16,19). The molecular weight excluding hydrogens is 304 g/mol. The summed E-state index contributed by atoms with van der Waals surface area (Å²) in [5.41, 5.74) is 0.552. The molecular formula is C14H12N4O5. The summed E-state index contributed by atoms with van der Waals surface area (Å²) in [5.74, 6) is -0.563. The van der Waals surface area contributed by atoms with Crippen LogP contribution in [0.4, 0.5) is 22.7 Å². The zero-order valence-corrected chi connectivity index (χ0v) is 12.0. The Morgan fingerprint density at radius 3 is 2.04 bits per heavy atom. The molecule has 0 aliphatic carbocycles. The first-order chi connectivity index (χ1) is 10.9. The quantitative estimate of drug-likeness (QED) is 0.645. The van der Waals surface area contributed by atoms with Crippen LogP contribution >= 0.6 is 0 Å². The molecule has 2 N–H and O–H groups in total. The Kier molecular flexibility index (Phi) is 4.50. The molecule has 0 aliphatic rings. The van der Waals surface area contributed by atoms with Crippen molar-refractivity contribution < 1.29 is 14.6 Å². The van der Waals surface area contributed by atoms with Crippen molar-refractivity contribution in [3.63, 3.8) is 0 Å². The van der Waals surface area contributed by atoms with Crippen molar-refractivity contribution in [2.24, 2.45) is 0 Å². The fraction of sp³-hybridized carbons (Fsp3) is 0.0714. The van der Waals surface area contributed by atoms with E-state index in [1.807, 2.05) is 0 Å². The lowest BCUT2D eigenvalue weighted by atomic mass is 10.1. The maximum Gasteiger partial charge on any atom is 0.270 e. The molecule has 0 saturated heterocycles. The van der Waals surface area contributed by atoms with Crippen LogP contribution < -0.4 is 10.6 Å². The highest BCUT2D eigenvalue weighted by Gasteiger charge is 2.16. The highest BCUT2D eigenvalue weighted by molar-refractivity contribution is 6.08. The van der Waals surface area contributed by atoms with E-state index in [9.17, 15) is 25.0 Å². The molecule has 0 heterocycles. The van der Waals surface area contributed by atoms with Crippen LogP contribution in [0.5, 0.6) is 0 Å². The van der Waals surface area contributed by atoms with E-state index in [2.05, 4.69) is 10.6 Å². The van der Waals surface area contributed by atoms with Crippen LogP contribution in [-0.4, -0.2) is 22.8 Å². The van der Waals surface area contributed by atoms with Gasteiger partial charge in [-0.15, -0.1) is 0 Å². The highest BCUT2D eigenvalue weighted by atomic mass is 16.6. The first kappa shape index (κ1) is 15.9. The van der Waals surface area contributed by atoms with Gasteiger partial charge in [-0.2, -0.15) is 0 Å². The van der Waals surface area contributed by atoms with Gasteiger partial charge in [-0.05, 0) is 18.2 Å². The van der Waals surface area contributed by atoms with E-state index < -0.39 is 15.8 Å². The molecule has 0 spiro atoms. The Morgan fingerprint density at radius 1 is 0.957 bits per heavy atom. The van der Waals surface area contributed by atoms with E-state index in [4.69, 9.17) is 0 Å². The van der Waals surface area contributed by atoms with E-state index in [0.29, 0.717) is 11.4 Å². The third-order valence-electron chi connectivity index (χ3n) is 3.06. The van der Waals surface area contributed by atoms with Gasteiger partial charge in [0.25, 0.3) is 17.3 Å². The van der Waals surface area contributed by atoms with Crippen molar-refractivity contribution in [3.8, 4) is 0 Å². The van der Waals surface area contributed by atoms with E-state index in [-0.39, 0.29) is 16.9 Å². The molecule has 0 radical (unpaired) electrons. The van der Waals surface area contributed by atoms with Gasteiger partial charge < -0.3 is 10.6 Å². The van der Waals surface area contributed by atoms with Crippen molar-refractivity contribution in [2.75, 3.05) is 17.7 Å². The minimum Gasteiger partial charge on any atom is -0.387 e. The number of rotatable bonds is 5. The number of carbonyl (C=O) groups is 1. The maximum atomic E-state index is 12.3. The third-order valence-corrected chi connectivity index (χ3v) is 3.06. The first-order valence-electron chi connectivity index (χ1n) is 6.44. The SMILES string of the molecule is CNc1ccc([N+](=O)[O-])cc1C(=O)Nc1ccc([N+](=O)[O-])cc1. The summed E-state index contributed by atoms with van der Waals surface area (Å²) in [7, 11) is 1.59. The second-order valence-electron chi connectivity index (χ2n) is 4.50. The number of non-ortho nitro benzene ring substituents is 2. The molecule has 9 heteroatoms. The summed E-state index contributed by atoms with van der Waals surface area (Å²) in [6.07, 6.45) is 0. The molecule has 0 bridgehead atoms. The largest absolute Gasteiger partial charge is 0.387 e. The Hall–Kier alpha value is -3.49. The average molecular weight is 316 g/mol. The molecule has 118 valence electrons. The molecule has 0 fully saturated rings. The van der Waals surface area contributed by atoms with Crippen LogP contribution in [0.2, 0.25) is 0 Å². The lowest BCUT2D eigenvalue weighted by Crippen LogP contribution is -2.14. The molecule has 9 nitrogen and oxygen atoms in total. The number of anilines is 2. The summed E-state index contributed by atoms with van der Waals surface area (Å²) < 4.78 is 0. The van der Waals surface area contributed by atoms with E-state index in [0.717, 1.165) is 6.07 Å². The smallest absolute Gasteiger partial charge is 0.270 e. The predicted molar refractivity (Wildman–Crippen MR) is 83.7 cm³/mol. The summed E-state index contributed by atoms with van der Waals surface area (Å²) in [6, 6.07) is 9.15. The van der Waals surface area contributed by atoms with Crippen molar-refractivity contribution in [2.45, 2.75) is 0 Å². The van der Waals surface area contributed by atoms with Crippen molar-refractivity contribution in [3.05, 3.63) is 68.3 Å². The number of nitrogens with one attached hydrogen (secondary N) is 2. The van der Waals surface area contributed by atoms with Crippen LogP contribution in [0.15, 0.2) is 42.5 Å². The third kappa shape index (κ3) is 3.59. The maximum absolute atomic E-state index is 12.3. The molecule has 1 amide bonds. The first-order valence-corrected chi connectivity index (χ1v) is 6.44. The molecule has 0 unspecified atom stereocenters. The molecule has 23 heavy (non-hydrogen) atoms. The number of amides is 1. The zero-order valence-electron chi connectivity index (χ0n) is 12.0. The van der Waals surface area contributed by atoms with Gasteiger partial charge in [-0.3, -0.25) is 25.0 Å². The fourth-order valence-electron chi connectivity index (χ4n) is 1.92. The van der Waals surface area contributed by atoms with E-state index >= 15 is 0 Å². The van der Waals surface area contributed by atoms with Crippen molar-refractivity contribution >= 4 is 28.7 Å². The number of nitro groups is 2. The van der Waals surface area contributed by atoms with Gasteiger partial charge in [0.15, 0.2) is 0 Å². The Bertz CT molecular complexity index is 773. The predicted octanol–water partition coefficient (Wildman–Crippen LogP) is 2.80. The fourth-order valence-corrected chi connectivity index (χ4v) is 1.92. The van der Waals surface area contributed by atoms with E-state index in [1.54, 1.807) is 7.05 Å². The highest BCUT2D eigenvalue weighted by Crippen LogP contribution is 2.23. The Labute approximate surface area is 130 Å². The molecule has 0 atom stereocenters. The minimum absolute atomic E-state index is 0.0973. The van der Waals surface area contributed by atoms with Crippen LogP contribution in [0, 0.1) is 20.2 Å². The second-order valence-corrected chi connectivity index (χ2v) is 4.50. The number of carbonyl (C=O) groups excluding carboxylic acids is 1. The number of benzene rings is 2. The lowest BCUT2D eigenvalue weighted by Gasteiger charge is -2.09. The van der Waals surface area contributed by atoms with E-state index in [1.165, 1.54) is 36.4 Å². The number of nitrogens with zero attached hydrogens (tertiary/aromatic N) is 2. The summed E-state index contributed by atoms with van der Waals surface area (Å²) in [6.45, 7) is 0. The van der Waals surface area contributed by atoms with Crippen LogP contribution in [0.25, 0.3) is 0 Å². The second kappa shape index (κ2) is 6.52. The molecule has 2 rings (SSSR count). The topological polar surface area (TPSA) is 127 Å². The molecule has 0 aromatic heterocycles. The molecule has 2 aromatic carbocycles. The van der Waals surface area contributed by atoms with Crippen LogP contribution in [0.3, 0.4) is 0 Å². The monoisotopic (exact) mass is 316 g/mol. The van der Waals surface area contributed by atoms with Gasteiger partial charge in [0.05, 0.1) is 15.4 Å². The van der Waals surface area contributed by atoms with Crippen LogP contribution in [-0.2, 0) is 0 Å². The summed E-state index contributed by atoms with van der Waals surface area (Å²) in [4.78, 5) is 32.5. The summed E-state index contributed by atoms with van der Waals surface area (Å²) >= 11 is 0. The zero-order chi connectivity index (χ0) is 17.0. The van der Waals surface area contributed by atoms with Crippen LogP contribution in [0.1, 0.15) is 10.4 Å². The summed E-state index contributed by atoms with van der Waals surface area (Å²) in [5, 5.41) is 26.7. The molecule has 2 aromatic rings. The lowest BCUT2D eigenvalue weighted by molar-refractivity contribution is -0.385. The Morgan fingerprint density at radius 2 is 1.52 bits per heavy atom. The van der Waals surface area contributed by atoms with Gasteiger partial charge >= 0.3 is 0 Å². The normalized spacial score (nSPS) is 9.96. The minimum atomic E-state index is -0.595. The van der Waals surface area contributed by atoms with Gasteiger partial charge in [0.2, 0.25) is 0 Å². The number of hydrogen-bond donors (Lipinski definition) is 2. The molecule has 0 aliphatic heterocycles. The van der Waals surface area contributed by atoms with Gasteiger partial charge in [-0.25, -0.2) is 0 Å². The number of nitro benzene ring substituents is 2. The molecule has 0 saturated carbocycles. The Balaban J connectivity index is 2.27. The van der Waals surface area contributed by atoms with Gasteiger partial charge in [0.1, 0.15) is 0 Å². The van der Waals surface area contributed by atoms with Gasteiger partial charge in [0, 0.05) is 42.7 Å². The average Bonchev–Trinajstić information content (AvgIpc) is 2.54. The number of hydrogen-bond acceptors (Lipinski definition) is 6.